The van der Waals surface area contributed by atoms with E-state index in [1.165, 1.54) is 17.5 Å². The number of hydrogen-bond donors (Lipinski definition) is 1. The van der Waals surface area contributed by atoms with Gasteiger partial charge in [-0.3, -0.25) is 4.79 Å². The van der Waals surface area contributed by atoms with Crippen molar-refractivity contribution in [1.29, 1.82) is 0 Å². The van der Waals surface area contributed by atoms with E-state index in [-0.39, 0.29) is 22.6 Å². The summed E-state index contributed by atoms with van der Waals surface area (Å²) >= 11 is 0. The average Bonchev–Trinajstić information content (AvgIpc) is 2.81. The molecule has 32 heavy (non-hydrogen) atoms. The smallest absolute Gasteiger partial charge is 0.251 e. The van der Waals surface area contributed by atoms with E-state index in [1.807, 2.05) is 44.3 Å². The SMILES string of the molecule is COc1ccc(C(=O)NCCCN(C)c2ccccc2)cc1S(=O)(=O)N1CCCC[C@H]1C. The van der Waals surface area contributed by atoms with Crippen LogP contribution >= 0.6 is 0 Å². The summed E-state index contributed by atoms with van der Waals surface area (Å²) in [6.45, 7) is 3.69. The fraction of sp³-hybridized carbons (Fsp3) is 0.458. The monoisotopic (exact) mass is 459 g/mol. The van der Waals surface area contributed by atoms with Crippen molar-refractivity contribution in [2.24, 2.45) is 0 Å². The third-order valence-corrected chi connectivity index (χ3v) is 7.94. The Morgan fingerprint density at radius 2 is 1.94 bits per heavy atom. The van der Waals surface area contributed by atoms with E-state index in [1.54, 1.807) is 12.1 Å². The van der Waals surface area contributed by atoms with Crippen molar-refractivity contribution in [1.82, 2.24) is 9.62 Å². The molecule has 1 fully saturated rings. The Hall–Kier alpha value is -2.58. The van der Waals surface area contributed by atoms with Gasteiger partial charge in [-0.2, -0.15) is 4.31 Å². The number of hydrogen-bond acceptors (Lipinski definition) is 5. The molecule has 7 nitrogen and oxygen atoms in total. The van der Waals surface area contributed by atoms with Gasteiger partial charge in [-0.25, -0.2) is 8.42 Å². The minimum atomic E-state index is -3.76. The fourth-order valence-electron chi connectivity index (χ4n) is 4.01. The average molecular weight is 460 g/mol. The second-order valence-electron chi connectivity index (χ2n) is 8.19. The van der Waals surface area contributed by atoms with E-state index in [0.717, 1.165) is 37.9 Å². The lowest BCUT2D eigenvalue weighted by Gasteiger charge is -2.32. The highest BCUT2D eigenvalue weighted by Gasteiger charge is 2.33. The predicted molar refractivity (Wildman–Crippen MR) is 127 cm³/mol. The van der Waals surface area contributed by atoms with Gasteiger partial charge in [0.25, 0.3) is 5.91 Å². The Labute approximate surface area is 191 Å². The number of carbonyl (C=O) groups excluding carboxylic acids is 1. The fourth-order valence-corrected chi connectivity index (χ4v) is 5.89. The Morgan fingerprint density at radius 3 is 2.62 bits per heavy atom. The van der Waals surface area contributed by atoms with Gasteiger partial charge in [-0.15, -0.1) is 0 Å². The number of benzene rings is 2. The highest BCUT2D eigenvalue weighted by Crippen LogP contribution is 2.31. The number of para-hydroxylation sites is 1. The zero-order valence-electron chi connectivity index (χ0n) is 19.1. The molecule has 1 N–H and O–H groups in total. The molecule has 1 aliphatic heterocycles. The number of ether oxygens (including phenoxy) is 1. The van der Waals surface area contributed by atoms with E-state index < -0.39 is 10.0 Å². The number of nitrogens with one attached hydrogen (secondary N) is 1. The highest BCUT2D eigenvalue weighted by atomic mass is 32.2. The second kappa shape index (κ2) is 10.8. The Bertz CT molecular complexity index is 1010. The van der Waals surface area contributed by atoms with E-state index in [4.69, 9.17) is 4.74 Å². The van der Waals surface area contributed by atoms with Gasteiger partial charge in [0.05, 0.1) is 7.11 Å². The molecule has 1 atom stereocenters. The van der Waals surface area contributed by atoms with Crippen molar-refractivity contribution in [2.45, 2.75) is 43.5 Å². The zero-order valence-corrected chi connectivity index (χ0v) is 19.9. The van der Waals surface area contributed by atoms with Gasteiger partial charge in [0, 0.05) is 44.0 Å². The van der Waals surface area contributed by atoms with E-state index in [0.29, 0.717) is 18.7 Å². The molecule has 0 unspecified atom stereocenters. The maximum absolute atomic E-state index is 13.3. The zero-order chi connectivity index (χ0) is 23.1. The van der Waals surface area contributed by atoms with Crippen LogP contribution in [-0.2, 0) is 10.0 Å². The van der Waals surface area contributed by atoms with Gasteiger partial charge in [0.2, 0.25) is 10.0 Å². The first-order valence-corrected chi connectivity index (χ1v) is 12.5. The van der Waals surface area contributed by atoms with Crippen LogP contribution in [0, 0.1) is 0 Å². The molecule has 0 aromatic heterocycles. The van der Waals surface area contributed by atoms with Gasteiger partial charge in [0.1, 0.15) is 10.6 Å². The molecule has 0 saturated carbocycles. The van der Waals surface area contributed by atoms with Crippen LogP contribution in [0.15, 0.2) is 53.4 Å². The number of methoxy groups -OCH3 is 1. The summed E-state index contributed by atoms with van der Waals surface area (Å²) < 4.78 is 33.5. The molecule has 1 saturated heterocycles. The first-order valence-electron chi connectivity index (χ1n) is 11.1. The number of carbonyl (C=O) groups is 1. The van der Waals surface area contributed by atoms with Crippen LogP contribution in [0.4, 0.5) is 5.69 Å². The van der Waals surface area contributed by atoms with Crippen LogP contribution < -0.4 is 15.0 Å². The summed E-state index contributed by atoms with van der Waals surface area (Å²) in [5, 5.41) is 2.90. The summed E-state index contributed by atoms with van der Waals surface area (Å²) in [4.78, 5) is 14.9. The van der Waals surface area contributed by atoms with Gasteiger partial charge < -0.3 is 15.0 Å². The molecular formula is C24H33N3O4S. The number of piperidine rings is 1. The van der Waals surface area contributed by atoms with E-state index in [2.05, 4.69) is 10.2 Å². The normalized spacial score (nSPS) is 17.0. The number of rotatable bonds is 9. The van der Waals surface area contributed by atoms with Crippen LogP contribution in [-0.4, -0.2) is 58.5 Å². The van der Waals surface area contributed by atoms with Crippen molar-refractivity contribution in [2.75, 3.05) is 38.7 Å². The quantitative estimate of drug-likeness (QED) is 0.581. The molecule has 0 aliphatic carbocycles. The summed E-state index contributed by atoms with van der Waals surface area (Å²) in [7, 11) is -0.301. The molecule has 0 bridgehead atoms. The first-order chi connectivity index (χ1) is 15.3. The maximum Gasteiger partial charge on any atom is 0.251 e. The van der Waals surface area contributed by atoms with Gasteiger partial charge in [-0.1, -0.05) is 24.6 Å². The second-order valence-corrected chi connectivity index (χ2v) is 10.1. The van der Waals surface area contributed by atoms with Crippen molar-refractivity contribution in [3.05, 3.63) is 54.1 Å². The lowest BCUT2D eigenvalue weighted by Crippen LogP contribution is -2.42. The van der Waals surface area contributed by atoms with Crippen LogP contribution in [0.25, 0.3) is 0 Å². The molecule has 8 heteroatoms. The topological polar surface area (TPSA) is 79.0 Å². The third-order valence-electron chi connectivity index (χ3n) is 5.91. The number of nitrogens with zero attached hydrogens (tertiary/aromatic N) is 2. The summed E-state index contributed by atoms with van der Waals surface area (Å²) in [5.74, 6) is -0.0398. The van der Waals surface area contributed by atoms with Crippen molar-refractivity contribution in [3.63, 3.8) is 0 Å². The third kappa shape index (κ3) is 5.61. The van der Waals surface area contributed by atoms with Gasteiger partial charge in [-0.05, 0) is 56.5 Å². The van der Waals surface area contributed by atoms with Gasteiger partial charge in [0.15, 0.2) is 0 Å². The maximum atomic E-state index is 13.3. The minimum Gasteiger partial charge on any atom is -0.495 e. The molecule has 0 spiro atoms. The van der Waals surface area contributed by atoms with Crippen molar-refractivity contribution < 1.29 is 17.9 Å². The molecule has 2 aromatic carbocycles. The molecule has 1 heterocycles. The minimum absolute atomic E-state index is 0.0465. The molecule has 3 rings (SSSR count). The van der Waals surface area contributed by atoms with E-state index >= 15 is 0 Å². The summed E-state index contributed by atoms with van der Waals surface area (Å²) in [6.07, 6.45) is 3.46. The Kier molecular flexibility index (Phi) is 8.15. The predicted octanol–water partition coefficient (Wildman–Crippen LogP) is 3.51. The number of anilines is 1. The molecule has 174 valence electrons. The number of sulfonamides is 1. The van der Waals surface area contributed by atoms with Crippen LogP contribution in [0.3, 0.4) is 0 Å². The Morgan fingerprint density at radius 1 is 1.19 bits per heavy atom. The first kappa shape index (κ1) is 24.1. The van der Waals surface area contributed by atoms with Crippen LogP contribution in [0.5, 0.6) is 5.75 Å². The standard InChI is InChI=1S/C24H33N3O4S/c1-19-10-7-8-17-27(19)32(29,30)23-18-20(13-14-22(23)31-3)24(28)25-15-9-16-26(2)21-11-5-4-6-12-21/h4-6,11-14,18-19H,7-10,15-17H2,1-3H3,(H,25,28)/t19-/m1/s1. The molecule has 1 amide bonds. The summed E-state index contributed by atoms with van der Waals surface area (Å²) in [5.41, 5.74) is 1.43. The number of amides is 1. The van der Waals surface area contributed by atoms with Gasteiger partial charge >= 0.3 is 0 Å². The van der Waals surface area contributed by atoms with Crippen molar-refractivity contribution >= 4 is 21.6 Å². The molecule has 2 aromatic rings. The summed E-state index contributed by atoms with van der Waals surface area (Å²) in [6, 6.07) is 14.6. The van der Waals surface area contributed by atoms with Crippen LogP contribution in [0.2, 0.25) is 0 Å². The molecular weight excluding hydrogens is 426 g/mol. The van der Waals surface area contributed by atoms with E-state index in [9.17, 15) is 13.2 Å². The highest BCUT2D eigenvalue weighted by molar-refractivity contribution is 7.89. The van der Waals surface area contributed by atoms with Crippen molar-refractivity contribution in [3.8, 4) is 5.75 Å². The Balaban J connectivity index is 1.66. The van der Waals surface area contributed by atoms with Crippen LogP contribution in [0.1, 0.15) is 43.0 Å². The molecule has 1 aliphatic rings. The largest absolute Gasteiger partial charge is 0.495 e. The lowest BCUT2D eigenvalue weighted by molar-refractivity contribution is 0.0953. The molecule has 0 radical (unpaired) electrons. The lowest BCUT2D eigenvalue weighted by atomic mass is 10.1.